The van der Waals surface area contributed by atoms with Crippen LogP contribution in [0.3, 0.4) is 0 Å². The maximum absolute atomic E-state index is 5.86. The van der Waals surface area contributed by atoms with Crippen LogP contribution in [0.4, 0.5) is 11.6 Å². The molecular formula is C13H22N4. The van der Waals surface area contributed by atoms with Crippen LogP contribution in [0.25, 0.3) is 0 Å². The van der Waals surface area contributed by atoms with E-state index in [0.29, 0.717) is 11.9 Å². The van der Waals surface area contributed by atoms with Crippen LogP contribution in [0.5, 0.6) is 0 Å². The molecule has 1 fully saturated rings. The first-order chi connectivity index (χ1) is 8.13. The Morgan fingerprint density at radius 3 is 2.88 bits per heavy atom. The molecule has 1 aliphatic heterocycles. The first kappa shape index (κ1) is 12.1. The Kier molecular flexibility index (Phi) is 3.50. The van der Waals surface area contributed by atoms with E-state index in [4.69, 9.17) is 5.73 Å². The van der Waals surface area contributed by atoms with Crippen LogP contribution in [0, 0.1) is 12.8 Å². The Hall–Kier alpha value is -1.32. The van der Waals surface area contributed by atoms with Gasteiger partial charge in [0.15, 0.2) is 0 Å². The van der Waals surface area contributed by atoms with Crippen molar-refractivity contribution in [2.45, 2.75) is 46.1 Å². The number of nitrogens with two attached hydrogens (primary N) is 1. The van der Waals surface area contributed by atoms with Crippen molar-refractivity contribution in [1.29, 1.82) is 0 Å². The minimum atomic E-state index is 0.547. The largest absolute Gasteiger partial charge is 0.383 e. The van der Waals surface area contributed by atoms with Crippen LogP contribution in [0.1, 0.15) is 38.7 Å². The van der Waals surface area contributed by atoms with E-state index in [9.17, 15) is 0 Å². The SMILES string of the molecule is CCC1CCC(C)N(c2ncnc(N)c2C)C1. The van der Waals surface area contributed by atoms with Crippen molar-refractivity contribution in [2.75, 3.05) is 17.2 Å². The van der Waals surface area contributed by atoms with Gasteiger partial charge in [0.1, 0.15) is 18.0 Å². The smallest absolute Gasteiger partial charge is 0.137 e. The summed E-state index contributed by atoms with van der Waals surface area (Å²) in [4.78, 5) is 10.8. The molecule has 1 aromatic heterocycles. The minimum Gasteiger partial charge on any atom is -0.383 e. The number of anilines is 2. The second-order valence-corrected chi connectivity index (χ2v) is 5.06. The molecular weight excluding hydrogens is 212 g/mol. The summed E-state index contributed by atoms with van der Waals surface area (Å²) in [7, 11) is 0. The highest BCUT2D eigenvalue weighted by Gasteiger charge is 2.26. The van der Waals surface area contributed by atoms with E-state index in [1.165, 1.54) is 19.3 Å². The molecule has 0 bridgehead atoms. The lowest BCUT2D eigenvalue weighted by Gasteiger charge is -2.39. The lowest BCUT2D eigenvalue weighted by molar-refractivity contribution is 0.357. The second kappa shape index (κ2) is 4.90. The van der Waals surface area contributed by atoms with Crippen molar-refractivity contribution in [3.63, 3.8) is 0 Å². The fourth-order valence-electron chi connectivity index (χ4n) is 2.55. The van der Waals surface area contributed by atoms with Gasteiger partial charge in [-0.05, 0) is 32.6 Å². The van der Waals surface area contributed by atoms with E-state index >= 15 is 0 Å². The third-order valence-corrected chi connectivity index (χ3v) is 3.93. The van der Waals surface area contributed by atoms with Crippen molar-refractivity contribution in [3.8, 4) is 0 Å². The molecule has 0 spiro atoms. The first-order valence-electron chi connectivity index (χ1n) is 6.47. The summed E-state index contributed by atoms with van der Waals surface area (Å²) in [5, 5.41) is 0. The number of hydrogen-bond acceptors (Lipinski definition) is 4. The molecule has 1 aliphatic rings. The van der Waals surface area contributed by atoms with Gasteiger partial charge in [-0.1, -0.05) is 13.3 Å². The first-order valence-corrected chi connectivity index (χ1v) is 6.47. The van der Waals surface area contributed by atoms with Crippen LogP contribution in [0.2, 0.25) is 0 Å². The summed E-state index contributed by atoms with van der Waals surface area (Å²) in [6, 6.07) is 0.547. The van der Waals surface area contributed by atoms with E-state index in [-0.39, 0.29) is 0 Å². The fourth-order valence-corrected chi connectivity index (χ4v) is 2.55. The van der Waals surface area contributed by atoms with Gasteiger partial charge in [0.25, 0.3) is 0 Å². The van der Waals surface area contributed by atoms with Crippen molar-refractivity contribution in [1.82, 2.24) is 9.97 Å². The zero-order chi connectivity index (χ0) is 12.4. The summed E-state index contributed by atoms with van der Waals surface area (Å²) in [6.45, 7) is 7.63. The molecule has 0 radical (unpaired) electrons. The van der Waals surface area contributed by atoms with Gasteiger partial charge in [-0.25, -0.2) is 9.97 Å². The third-order valence-electron chi connectivity index (χ3n) is 3.93. The van der Waals surface area contributed by atoms with E-state index < -0.39 is 0 Å². The molecule has 0 aliphatic carbocycles. The summed E-state index contributed by atoms with van der Waals surface area (Å²) in [5.74, 6) is 2.39. The molecule has 1 saturated heterocycles. The van der Waals surface area contributed by atoms with Gasteiger partial charge >= 0.3 is 0 Å². The molecule has 0 amide bonds. The number of aromatic nitrogens is 2. The molecule has 17 heavy (non-hydrogen) atoms. The van der Waals surface area contributed by atoms with Crippen molar-refractivity contribution >= 4 is 11.6 Å². The quantitative estimate of drug-likeness (QED) is 0.853. The molecule has 1 aromatic rings. The predicted molar refractivity (Wildman–Crippen MR) is 71.0 cm³/mol. The summed E-state index contributed by atoms with van der Waals surface area (Å²) in [6.07, 6.45) is 5.37. The molecule has 4 heteroatoms. The topological polar surface area (TPSA) is 55.0 Å². The van der Waals surface area contributed by atoms with Crippen LogP contribution in [0.15, 0.2) is 6.33 Å². The maximum atomic E-state index is 5.86. The monoisotopic (exact) mass is 234 g/mol. The maximum Gasteiger partial charge on any atom is 0.137 e. The lowest BCUT2D eigenvalue weighted by atomic mass is 9.91. The van der Waals surface area contributed by atoms with Crippen molar-refractivity contribution < 1.29 is 0 Å². The second-order valence-electron chi connectivity index (χ2n) is 5.06. The van der Waals surface area contributed by atoms with E-state index in [1.54, 1.807) is 6.33 Å². The zero-order valence-electron chi connectivity index (χ0n) is 11.0. The molecule has 2 atom stereocenters. The fraction of sp³-hybridized carbons (Fsp3) is 0.692. The van der Waals surface area contributed by atoms with Gasteiger partial charge in [-0.3, -0.25) is 0 Å². The number of rotatable bonds is 2. The Bertz CT molecular complexity index is 391. The molecule has 4 nitrogen and oxygen atoms in total. The molecule has 2 heterocycles. The van der Waals surface area contributed by atoms with Crippen LogP contribution < -0.4 is 10.6 Å². The molecule has 94 valence electrons. The van der Waals surface area contributed by atoms with Gasteiger partial charge in [0.05, 0.1) is 0 Å². The normalized spacial score (nSPS) is 25.0. The Balaban J connectivity index is 2.27. The number of hydrogen-bond donors (Lipinski definition) is 1. The van der Waals surface area contributed by atoms with Crippen molar-refractivity contribution in [3.05, 3.63) is 11.9 Å². The highest BCUT2D eigenvalue weighted by Crippen LogP contribution is 2.30. The minimum absolute atomic E-state index is 0.547. The number of piperidine rings is 1. The number of nitrogen functional groups attached to an aromatic ring is 1. The molecule has 2 rings (SSSR count). The van der Waals surface area contributed by atoms with E-state index in [2.05, 4.69) is 28.7 Å². The van der Waals surface area contributed by atoms with Crippen LogP contribution in [-0.2, 0) is 0 Å². The van der Waals surface area contributed by atoms with Crippen LogP contribution >= 0.6 is 0 Å². The van der Waals surface area contributed by atoms with Gasteiger partial charge in [0, 0.05) is 18.2 Å². The van der Waals surface area contributed by atoms with E-state index in [1.807, 2.05) is 6.92 Å². The zero-order valence-corrected chi connectivity index (χ0v) is 11.0. The Labute approximate surface area is 103 Å². The van der Waals surface area contributed by atoms with Crippen molar-refractivity contribution in [2.24, 2.45) is 5.92 Å². The van der Waals surface area contributed by atoms with Gasteiger partial charge in [-0.2, -0.15) is 0 Å². The standard InChI is InChI=1S/C13H22N4/c1-4-11-6-5-9(2)17(7-11)13-10(3)12(14)15-8-16-13/h8-9,11H,4-7H2,1-3H3,(H2,14,15,16). The molecule has 0 aromatic carbocycles. The van der Waals surface area contributed by atoms with Gasteiger partial charge < -0.3 is 10.6 Å². The average Bonchev–Trinajstić information content (AvgIpc) is 2.34. The number of nitrogens with zero attached hydrogens (tertiary/aromatic N) is 3. The average molecular weight is 234 g/mol. The molecule has 2 unspecified atom stereocenters. The Morgan fingerprint density at radius 2 is 2.18 bits per heavy atom. The highest BCUT2D eigenvalue weighted by atomic mass is 15.2. The molecule has 2 N–H and O–H groups in total. The molecule has 0 saturated carbocycles. The van der Waals surface area contributed by atoms with Gasteiger partial charge in [0.2, 0.25) is 0 Å². The summed E-state index contributed by atoms with van der Waals surface area (Å²) in [5.41, 5.74) is 6.87. The summed E-state index contributed by atoms with van der Waals surface area (Å²) < 4.78 is 0. The predicted octanol–water partition coefficient (Wildman–Crippen LogP) is 2.38. The third kappa shape index (κ3) is 2.35. The van der Waals surface area contributed by atoms with Crippen LogP contribution in [-0.4, -0.2) is 22.6 Å². The highest BCUT2D eigenvalue weighted by molar-refractivity contribution is 5.56. The Morgan fingerprint density at radius 1 is 1.41 bits per heavy atom. The summed E-state index contributed by atoms with van der Waals surface area (Å²) >= 11 is 0. The lowest BCUT2D eigenvalue weighted by Crippen LogP contribution is -2.42. The van der Waals surface area contributed by atoms with Gasteiger partial charge in [-0.15, -0.1) is 0 Å². The van der Waals surface area contributed by atoms with E-state index in [0.717, 1.165) is 23.8 Å².